The summed E-state index contributed by atoms with van der Waals surface area (Å²) < 4.78 is 10.7. The van der Waals surface area contributed by atoms with Crippen molar-refractivity contribution in [1.82, 2.24) is 10.2 Å². The molecule has 7 heteroatoms. The number of nitrogens with zero attached hydrogens (tertiary/aromatic N) is 1. The topological polar surface area (TPSA) is 79.9 Å². The zero-order valence-corrected chi connectivity index (χ0v) is 16.2. The third kappa shape index (κ3) is 4.20. The van der Waals surface area contributed by atoms with Gasteiger partial charge in [-0.25, -0.2) is 4.79 Å². The standard InChI is InChI=1S/C19H29N3O4/c1-6-20-19(24)21-15-11-17(26-5)16(25-4)10-14(15)18(23)22-12(2)8-7-9-13(22)3/h10-13H,6-9H2,1-5H3,(H2,20,21,24)/t12-,13-/m0/s1. The van der Waals surface area contributed by atoms with Gasteiger partial charge in [0.25, 0.3) is 5.91 Å². The smallest absolute Gasteiger partial charge is 0.319 e. The molecule has 1 saturated heterocycles. The minimum absolute atomic E-state index is 0.113. The molecule has 1 fully saturated rings. The molecule has 2 atom stereocenters. The highest BCUT2D eigenvalue weighted by atomic mass is 16.5. The van der Waals surface area contributed by atoms with Gasteiger partial charge in [-0.1, -0.05) is 0 Å². The molecule has 1 aliphatic rings. The molecule has 3 amide bonds. The number of ether oxygens (including phenoxy) is 2. The number of methoxy groups -OCH3 is 2. The quantitative estimate of drug-likeness (QED) is 0.842. The second-order valence-corrected chi connectivity index (χ2v) is 6.58. The van der Waals surface area contributed by atoms with Gasteiger partial charge in [0.1, 0.15) is 0 Å². The van der Waals surface area contributed by atoms with Crippen LogP contribution in [0.2, 0.25) is 0 Å². The van der Waals surface area contributed by atoms with E-state index in [0.29, 0.717) is 29.3 Å². The van der Waals surface area contributed by atoms with E-state index in [1.54, 1.807) is 12.1 Å². The Labute approximate surface area is 155 Å². The van der Waals surface area contributed by atoms with E-state index in [1.807, 2.05) is 11.8 Å². The fourth-order valence-corrected chi connectivity index (χ4v) is 3.45. The maximum absolute atomic E-state index is 13.3. The molecule has 1 aliphatic heterocycles. The molecule has 0 bridgehead atoms. The van der Waals surface area contributed by atoms with E-state index in [-0.39, 0.29) is 24.0 Å². The Balaban J connectivity index is 2.46. The van der Waals surface area contributed by atoms with Crippen LogP contribution >= 0.6 is 0 Å². The first-order valence-electron chi connectivity index (χ1n) is 9.06. The van der Waals surface area contributed by atoms with E-state index in [2.05, 4.69) is 24.5 Å². The molecule has 0 aliphatic carbocycles. The molecule has 0 aromatic heterocycles. The third-order valence-corrected chi connectivity index (χ3v) is 4.77. The first-order chi connectivity index (χ1) is 12.4. The zero-order chi connectivity index (χ0) is 19.3. The largest absolute Gasteiger partial charge is 0.493 e. The highest BCUT2D eigenvalue weighted by Gasteiger charge is 2.31. The van der Waals surface area contributed by atoms with E-state index in [0.717, 1.165) is 19.3 Å². The van der Waals surface area contributed by atoms with Gasteiger partial charge in [0.15, 0.2) is 11.5 Å². The summed E-state index contributed by atoms with van der Waals surface area (Å²) in [5, 5.41) is 5.43. The lowest BCUT2D eigenvalue weighted by molar-refractivity contribution is 0.0511. The Hall–Kier alpha value is -2.44. The van der Waals surface area contributed by atoms with Crippen molar-refractivity contribution < 1.29 is 19.1 Å². The summed E-state index contributed by atoms with van der Waals surface area (Å²) in [4.78, 5) is 27.2. The number of rotatable bonds is 5. The minimum Gasteiger partial charge on any atom is -0.493 e. The summed E-state index contributed by atoms with van der Waals surface area (Å²) in [6, 6.07) is 3.19. The van der Waals surface area contributed by atoms with Crippen LogP contribution in [-0.4, -0.2) is 49.7 Å². The summed E-state index contributed by atoms with van der Waals surface area (Å²) in [5.41, 5.74) is 0.804. The molecular weight excluding hydrogens is 334 g/mol. The fourth-order valence-electron chi connectivity index (χ4n) is 3.45. The van der Waals surface area contributed by atoms with Crippen molar-refractivity contribution >= 4 is 17.6 Å². The second kappa shape index (κ2) is 8.78. The van der Waals surface area contributed by atoms with Gasteiger partial charge in [-0.15, -0.1) is 0 Å². The maximum Gasteiger partial charge on any atom is 0.319 e. The van der Waals surface area contributed by atoms with Crippen LogP contribution < -0.4 is 20.1 Å². The number of nitrogens with one attached hydrogen (secondary N) is 2. The predicted molar refractivity (Wildman–Crippen MR) is 101 cm³/mol. The first-order valence-corrected chi connectivity index (χ1v) is 9.06. The van der Waals surface area contributed by atoms with Crippen LogP contribution in [0, 0.1) is 0 Å². The number of amides is 3. The highest BCUT2D eigenvalue weighted by molar-refractivity contribution is 6.04. The molecule has 0 radical (unpaired) electrons. The van der Waals surface area contributed by atoms with Gasteiger partial charge in [0.05, 0.1) is 25.5 Å². The van der Waals surface area contributed by atoms with Crippen LogP contribution in [0.4, 0.5) is 10.5 Å². The number of carbonyl (C=O) groups is 2. The first kappa shape index (κ1) is 19.9. The van der Waals surface area contributed by atoms with Crippen LogP contribution in [-0.2, 0) is 0 Å². The van der Waals surface area contributed by atoms with Crippen LogP contribution in [0.5, 0.6) is 11.5 Å². The van der Waals surface area contributed by atoms with Gasteiger partial charge in [0, 0.05) is 24.7 Å². The van der Waals surface area contributed by atoms with Gasteiger partial charge in [-0.3, -0.25) is 4.79 Å². The molecule has 144 valence electrons. The number of likely N-dealkylation sites (tertiary alicyclic amines) is 1. The highest BCUT2D eigenvalue weighted by Crippen LogP contribution is 2.35. The van der Waals surface area contributed by atoms with Crippen molar-refractivity contribution in [2.45, 2.75) is 52.1 Å². The van der Waals surface area contributed by atoms with Gasteiger partial charge in [0.2, 0.25) is 0 Å². The summed E-state index contributed by atoms with van der Waals surface area (Å²) >= 11 is 0. The van der Waals surface area contributed by atoms with Gasteiger partial charge in [-0.2, -0.15) is 0 Å². The number of anilines is 1. The van der Waals surface area contributed by atoms with Crippen molar-refractivity contribution in [1.29, 1.82) is 0 Å². The van der Waals surface area contributed by atoms with E-state index < -0.39 is 0 Å². The Bertz CT molecular complexity index is 652. The van der Waals surface area contributed by atoms with Crippen molar-refractivity contribution in [2.24, 2.45) is 0 Å². The Kier molecular flexibility index (Phi) is 6.71. The molecule has 7 nitrogen and oxygen atoms in total. The van der Waals surface area contributed by atoms with E-state index in [9.17, 15) is 9.59 Å². The lowest BCUT2D eigenvalue weighted by Crippen LogP contribution is -2.47. The molecule has 0 unspecified atom stereocenters. The average Bonchev–Trinajstić information content (AvgIpc) is 2.61. The molecule has 1 heterocycles. The normalized spacial score (nSPS) is 19.7. The predicted octanol–water partition coefficient (Wildman–Crippen LogP) is 3.25. The zero-order valence-electron chi connectivity index (χ0n) is 16.2. The summed E-state index contributed by atoms with van der Waals surface area (Å²) in [7, 11) is 3.04. The van der Waals surface area contributed by atoms with Crippen LogP contribution in [0.1, 0.15) is 50.4 Å². The number of hydrogen-bond acceptors (Lipinski definition) is 4. The molecule has 2 rings (SSSR count). The molecule has 1 aromatic rings. The lowest BCUT2D eigenvalue weighted by atomic mass is 9.96. The van der Waals surface area contributed by atoms with Crippen molar-refractivity contribution in [3.05, 3.63) is 17.7 Å². The van der Waals surface area contributed by atoms with Gasteiger partial charge >= 0.3 is 6.03 Å². The Morgan fingerprint density at radius 1 is 1.12 bits per heavy atom. The average molecular weight is 363 g/mol. The molecule has 0 saturated carbocycles. The Morgan fingerprint density at radius 3 is 2.23 bits per heavy atom. The number of urea groups is 1. The molecule has 26 heavy (non-hydrogen) atoms. The van der Waals surface area contributed by atoms with Crippen LogP contribution in [0.25, 0.3) is 0 Å². The summed E-state index contributed by atoms with van der Waals surface area (Å²) in [5.74, 6) is 0.794. The lowest BCUT2D eigenvalue weighted by Gasteiger charge is -2.39. The van der Waals surface area contributed by atoms with Crippen LogP contribution in [0.15, 0.2) is 12.1 Å². The van der Waals surface area contributed by atoms with Gasteiger partial charge in [-0.05, 0) is 46.1 Å². The monoisotopic (exact) mass is 363 g/mol. The Morgan fingerprint density at radius 2 is 1.69 bits per heavy atom. The summed E-state index contributed by atoms with van der Waals surface area (Å²) in [6.07, 6.45) is 3.06. The summed E-state index contributed by atoms with van der Waals surface area (Å²) in [6.45, 7) is 6.44. The molecule has 1 aromatic carbocycles. The van der Waals surface area contributed by atoms with Crippen LogP contribution in [0.3, 0.4) is 0 Å². The third-order valence-electron chi connectivity index (χ3n) is 4.77. The maximum atomic E-state index is 13.3. The number of piperidine rings is 1. The van der Waals surface area contributed by atoms with E-state index in [1.165, 1.54) is 14.2 Å². The van der Waals surface area contributed by atoms with Crippen molar-refractivity contribution in [2.75, 3.05) is 26.1 Å². The number of carbonyl (C=O) groups excluding carboxylic acids is 2. The van der Waals surface area contributed by atoms with E-state index >= 15 is 0 Å². The molecular formula is C19H29N3O4. The minimum atomic E-state index is -0.367. The SMILES string of the molecule is CCNC(=O)Nc1cc(OC)c(OC)cc1C(=O)N1[C@@H](C)CCC[C@@H]1C. The second-order valence-electron chi connectivity index (χ2n) is 6.58. The van der Waals surface area contributed by atoms with Gasteiger partial charge < -0.3 is 25.0 Å². The molecule has 2 N–H and O–H groups in total. The fraction of sp³-hybridized carbons (Fsp3) is 0.579. The van der Waals surface area contributed by atoms with E-state index in [4.69, 9.17) is 9.47 Å². The van der Waals surface area contributed by atoms with Crippen molar-refractivity contribution in [3.8, 4) is 11.5 Å². The number of benzene rings is 1. The van der Waals surface area contributed by atoms with Crippen molar-refractivity contribution in [3.63, 3.8) is 0 Å². The molecule has 0 spiro atoms. The number of hydrogen-bond donors (Lipinski definition) is 2.